The molecule has 1 unspecified atom stereocenters. The second-order valence-electron chi connectivity index (χ2n) is 3.16. The van der Waals surface area contributed by atoms with E-state index in [-0.39, 0.29) is 11.6 Å². The molecular weight excluding hydrogens is 195 g/mol. The van der Waals surface area contributed by atoms with Crippen molar-refractivity contribution in [3.63, 3.8) is 0 Å². The average molecular weight is 207 g/mol. The van der Waals surface area contributed by atoms with Crippen molar-refractivity contribution in [3.05, 3.63) is 17.5 Å². The number of aromatic nitrogens is 2. The van der Waals surface area contributed by atoms with Crippen LogP contribution >= 0.6 is 0 Å². The third kappa shape index (κ3) is 2.47. The highest BCUT2D eigenvalue weighted by Crippen LogP contribution is 2.30. The molecule has 0 saturated heterocycles. The maximum absolute atomic E-state index is 12.3. The van der Waals surface area contributed by atoms with Gasteiger partial charge < -0.3 is 5.32 Å². The van der Waals surface area contributed by atoms with Crippen molar-refractivity contribution < 1.29 is 13.2 Å². The molecule has 0 aromatic carbocycles. The zero-order valence-corrected chi connectivity index (χ0v) is 7.94. The predicted molar refractivity (Wildman–Crippen MR) is 45.8 cm³/mol. The van der Waals surface area contributed by atoms with Crippen molar-refractivity contribution in [2.75, 3.05) is 7.05 Å². The minimum Gasteiger partial charge on any atom is -0.317 e. The Bertz CT molecular complexity index is 292. The summed E-state index contributed by atoms with van der Waals surface area (Å²) >= 11 is 0. The van der Waals surface area contributed by atoms with E-state index in [2.05, 4.69) is 10.4 Å². The zero-order chi connectivity index (χ0) is 10.8. The Morgan fingerprint density at radius 1 is 1.57 bits per heavy atom. The van der Waals surface area contributed by atoms with Crippen LogP contribution in [0.4, 0.5) is 13.2 Å². The van der Waals surface area contributed by atoms with Gasteiger partial charge in [-0.15, -0.1) is 0 Å². The van der Waals surface area contributed by atoms with Crippen molar-refractivity contribution >= 4 is 0 Å². The molecule has 1 heterocycles. The number of H-pyrrole nitrogens is 1. The molecule has 1 atom stereocenters. The van der Waals surface area contributed by atoms with Crippen molar-refractivity contribution in [1.82, 2.24) is 15.5 Å². The van der Waals surface area contributed by atoms with Crippen molar-refractivity contribution in [2.24, 2.45) is 0 Å². The largest absolute Gasteiger partial charge is 0.433 e. The molecule has 0 amide bonds. The fourth-order valence-electron chi connectivity index (χ4n) is 1.14. The average Bonchev–Trinajstić information content (AvgIpc) is 2.51. The molecule has 1 rings (SSSR count). The lowest BCUT2D eigenvalue weighted by atomic mass is 10.1. The van der Waals surface area contributed by atoms with Gasteiger partial charge in [-0.1, -0.05) is 0 Å². The summed E-state index contributed by atoms with van der Waals surface area (Å²) in [4.78, 5) is 0. The summed E-state index contributed by atoms with van der Waals surface area (Å²) in [6.07, 6.45) is -2.82. The number of likely N-dealkylation sites (N-methyl/N-ethyl adjacent to an activating group) is 1. The van der Waals surface area contributed by atoms with Gasteiger partial charge >= 0.3 is 6.18 Å². The van der Waals surface area contributed by atoms with E-state index in [4.69, 9.17) is 0 Å². The Hall–Kier alpha value is -1.04. The predicted octanol–water partition coefficient (Wildman–Crippen LogP) is 1.58. The van der Waals surface area contributed by atoms with Crippen LogP contribution in [-0.4, -0.2) is 23.3 Å². The van der Waals surface area contributed by atoms with Gasteiger partial charge in [0.05, 0.1) is 6.20 Å². The molecule has 3 nitrogen and oxygen atoms in total. The molecule has 0 fully saturated rings. The Balaban J connectivity index is 2.83. The molecule has 1 aromatic rings. The Morgan fingerprint density at radius 3 is 2.71 bits per heavy atom. The van der Waals surface area contributed by atoms with Crippen LogP contribution in [0.1, 0.15) is 18.2 Å². The molecule has 0 saturated carbocycles. The van der Waals surface area contributed by atoms with Gasteiger partial charge in [0.15, 0.2) is 0 Å². The molecule has 0 spiro atoms. The second-order valence-corrected chi connectivity index (χ2v) is 3.16. The standard InChI is InChI=1S/C8H12F3N3/c1-5(12-2)3-6-4-13-14-7(6)8(9,10)11/h4-5,12H,3H2,1-2H3,(H,13,14). The molecule has 0 aliphatic carbocycles. The first-order chi connectivity index (χ1) is 6.45. The van der Waals surface area contributed by atoms with E-state index in [9.17, 15) is 13.2 Å². The number of hydrogen-bond donors (Lipinski definition) is 2. The summed E-state index contributed by atoms with van der Waals surface area (Å²) in [5, 5.41) is 8.25. The second kappa shape index (κ2) is 4.00. The molecule has 0 aliphatic heterocycles. The SMILES string of the molecule is CNC(C)Cc1cn[nH]c1C(F)(F)F. The summed E-state index contributed by atoms with van der Waals surface area (Å²) in [5.41, 5.74) is -0.557. The first-order valence-corrected chi connectivity index (χ1v) is 4.22. The minimum atomic E-state index is -4.35. The molecule has 0 bridgehead atoms. The number of aromatic amines is 1. The first-order valence-electron chi connectivity index (χ1n) is 4.22. The third-order valence-corrected chi connectivity index (χ3v) is 2.02. The number of rotatable bonds is 3. The van der Waals surface area contributed by atoms with E-state index in [1.165, 1.54) is 6.20 Å². The normalized spacial score (nSPS) is 14.4. The molecule has 0 aliphatic rings. The zero-order valence-electron chi connectivity index (χ0n) is 7.94. The van der Waals surface area contributed by atoms with Crippen LogP contribution < -0.4 is 5.32 Å². The van der Waals surface area contributed by atoms with E-state index >= 15 is 0 Å². The molecule has 14 heavy (non-hydrogen) atoms. The Morgan fingerprint density at radius 2 is 2.21 bits per heavy atom. The summed E-state index contributed by atoms with van der Waals surface area (Å²) in [6.45, 7) is 1.81. The molecular formula is C8H12F3N3. The Kier molecular flexibility index (Phi) is 3.15. The lowest BCUT2D eigenvalue weighted by Gasteiger charge is -2.11. The van der Waals surface area contributed by atoms with Crippen LogP contribution in [-0.2, 0) is 12.6 Å². The van der Waals surface area contributed by atoms with Crippen LogP contribution in [0.25, 0.3) is 0 Å². The quantitative estimate of drug-likeness (QED) is 0.790. The molecule has 0 radical (unpaired) electrons. The molecule has 1 aromatic heterocycles. The summed E-state index contributed by atoms with van der Waals surface area (Å²) in [5.74, 6) is 0. The maximum Gasteiger partial charge on any atom is 0.433 e. The van der Waals surface area contributed by atoms with E-state index in [0.717, 1.165) is 0 Å². The number of hydrogen-bond acceptors (Lipinski definition) is 2. The Labute approximate surface area is 79.7 Å². The van der Waals surface area contributed by atoms with Gasteiger partial charge in [-0.25, -0.2) is 0 Å². The van der Waals surface area contributed by atoms with Crippen molar-refractivity contribution in [1.29, 1.82) is 0 Å². The van der Waals surface area contributed by atoms with Gasteiger partial charge in [0, 0.05) is 11.6 Å². The maximum atomic E-state index is 12.3. The van der Waals surface area contributed by atoms with E-state index in [1.807, 2.05) is 12.0 Å². The van der Waals surface area contributed by atoms with Gasteiger partial charge in [0.2, 0.25) is 0 Å². The summed E-state index contributed by atoms with van der Waals surface area (Å²) in [6, 6.07) is -0.00583. The smallest absolute Gasteiger partial charge is 0.317 e. The minimum absolute atomic E-state index is 0.00583. The van der Waals surface area contributed by atoms with Gasteiger partial charge in [0.1, 0.15) is 5.69 Å². The van der Waals surface area contributed by atoms with Crippen LogP contribution in [0.5, 0.6) is 0 Å². The van der Waals surface area contributed by atoms with Crippen molar-refractivity contribution in [3.8, 4) is 0 Å². The van der Waals surface area contributed by atoms with Crippen molar-refractivity contribution in [2.45, 2.75) is 25.6 Å². The van der Waals surface area contributed by atoms with Gasteiger partial charge in [-0.2, -0.15) is 18.3 Å². The highest BCUT2D eigenvalue weighted by atomic mass is 19.4. The molecule has 2 N–H and O–H groups in total. The van der Waals surface area contributed by atoms with Crippen LogP contribution in [0.3, 0.4) is 0 Å². The fraction of sp³-hybridized carbons (Fsp3) is 0.625. The fourth-order valence-corrected chi connectivity index (χ4v) is 1.14. The molecule has 6 heteroatoms. The van der Waals surface area contributed by atoms with Crippen LogP contribution in [0.2, 0.25) is 0 Å². The number of nitrogens with zero attached hydrogens (tertiary/aromatic N) is 1. The van der Waals surface area contributed by atoms with Crippen LogP contribution in [0, 0.1) is 0 Å². The topological polar surface area (TPSA) is 40.7 Å². The monoisotopic (exact) mass is 207 g/mol. The van der Waals surface area contributed by atoms with E-state index < -0.39 is 11.9 Å². The molecule has 80 valence electrons. The number of nitrogens with one attached hydrogen (secondary N) is 2. The lowest BCUT2D eigenvalue weighted by molar-refractivity contribution is -0.141. The summed E-state index contributed by atoms with van der Waals surface area (Å²) in [7, 11) is 1.71. The highest BCUT2D eigenvalue weighted by Gasteiger charge is 2.35. The van der Waals surface area contributed by atoms with Gasteiger partial charge in [0.25, 0.3) is 0 Å². The summed E-state index contributed by atoms with van der Waals surface area (Å²) < 4.78 is 37.0. The van der Waals surface area contributed by atoms with E-state index in [1.54, 1.807) is 7.05 Å². The first kappa shape index (κ1) is 11.0. The highest BCUT2D eigenvalue weighted by molar-refractivity contribution is 5.20. The van der Waals surface area contributed by atoms with Crippen LogP contribution in [0.15, 0.2) is 6.20 Å². The number of halogens is 3. The number of alkyl halides is 3. The van der Waals surface area contributed by atoms with Gasteiger partial charge in [-0.05, 0) is 20.4 Å². The third-order valence-electron chi connectivity index (χ3n) is 2.02. The van der Waals surface area contributed by atoms with Gasteiger partial charge in [-0.3, -0.25) is 5.10 Å². The van der Waals surface area contributed by atoms with E-state index in [0.29, 0.717) is 6.42 Å². The lowest BCUT2D eigenvalue weighted by Crippen LogP contribution is -2.24.